The quantitative estimate of drug-likeness (QED) is 0.448. The molecular formula is C17H16N2O5S2. The molecule has 0 aliphatic heterocycles. The molecule has 0 spiro atoms. The molecule has 0 N–H and O–H groups in total. The van der Waals surface area contributed by atoms with Crippen molar-refractivity contribution in [2.45, 2.75) is 18.0 Å². The number of nitrogens with zero attached hydrogens (tertiary/aromatic N) is 2. The molecule has 7 nitrogen and oxygen atoms in total. The summed E-state index contributed by atoms with van der Waals surface area (Å²) < 4.78 is 28.9. The number of nitro benzene ring substituents is 1. The van der Waals surface area contributed by atoms with Crippen molar-refractivity contribution in [1.82, 2.24) is 0 Å². The number of thiophene rings is 1. The highest BCUT2D eigenvalue weighted by Gasteiger charge is 2.24. The number of nitro groups is 1. The third kappa shape index (κ3) is 4.12. The predicted octanol–water partition coefficient (Wildman–Crippen LogP) is 3.86. The Labute approximate surface area is 154 Å². The van der Waals surface area contributed by atoms with Gasteiger partial charge in [-0.2, -0.15) is 0 Å². The molecule has 0 fully saturated rings. The minimum absolute atomic E-state index is 0.0815. The van der Waals surface area contributed by atoms with Crippen LogP contribution in [0.5, 0.6) is 0 Å². The Kier molecular flexibility index (Phi) is 5.10. The van der Waals surface area contributed by atoms with Crippen LogP contribution in [0.15, 0.2) is 63.4 Å². The van der Waals surface area contributed by atoms with Gasteiger partial charge in [0.2, 0.25) is 0 Å². The maximum Gasteiger partial charge on any atom is 0.293 e. The smallest absolute Gasteiger partial charge is 0.293 e. The van der Waals surface area contributed by atoms with Crippen molar-refractivity contribution in [3.05, 3.63) is 74.9 Å². The molecule has 0 bridgehead atoms. The summed E-state index contributed by atoms with van der Waals surface area (Å²) in [5.41, 5.74) is 0.0863. The lowest BCUT2D eigenvalue weighted by Crippen LogP contribution is -2.22. The van der Waals surface area contributed by atoms with E-state index in [-0.39, 0.29) is 10.6 Å². The molecule has 1 aromatic carbocycles. The molecule has 2 heterocycles. The first-order valence-corrected chi connectivity index (χ1v) is 10.4. The van der Waals surface area contributed by atoms with Gasteiger partial charge in [-0.25, -0.2) is 8.42 Å². The number of rotatable bonds is 7. The number of anilines is 1. The van der Waals surface area contributed by atoms with Crippen molar-refractivity contribution in [3.8, 4) is 0 Å². The summed E-state index contributed by atoms with van der Waals surface area (Å²) >= 11 is 1.54. The highest BCUT2D eigenvalue weighted by atomic mass is 32.2. The van der Waals surface area contributed by atoms with E-state index in [2.05, 4.69) is 0 Å². The fraction of sp³-hybridized carbons (Fsp3) is 0.176. The number of hydrogen-bond acceptors (Lipinski definition) is 7. The summed E-state index contributed by atoms with van der Waals surface area (Å²) in [4.78, 5) is 13.8. The van der Waals surface area contributed by atoms with Crippen molar-refractivity contribution in [1.29, 1.82) is 0 Å². The molecular weight excluding hydrogens is 376 g/mol. The number of benzene rings is 1. The van der Waals surface area contributed by atoms with Gasteiger partial charge in [0, 0.05) is 17.2 Å². The normalized spacial score (nSPS) is 11.4. The first-order valence-electron chi connectivity index (χ1n) is 7.63. The Balaban J connectivity index is 2.05. The molecule has 0 aliphatic carbocycles. The molecule has 0 amide bonds. The van der Waals surface area contributed by atoms with Crippen LogP contribution in [0.1, 0.15) is 10.6 Å². The number of sulfone groups is 1. The van der Waals surface area contributed by atoms with E-state index in [9.17, 15) is 18.5 Å². The van der Waals surface area contributed by atoms with Gasteiger partial charge < -0.3 is 9.32 Å². The van der Waals surface area contributed by atoms with E-state index >= 15 is 0 Å². The summed E-state index contributed by atoms with van der Waals surface area (Å²) in [6, 6.07) is 11.4. The van der Waals surface area contributed by atoms with Gasteiger partial charge in [0.25, 0.3) is 5.69 Å². The average molecular weight is 392 g/mol. The van der Waals surface area contributed by atoms with Gasteiger partial charge in [0.05, 0.1) is 29.2 Å². The van der Waals surface area contributed by atoms with Crippen LogP contribution in [0.25, 0.3) is 0 Å². The molecule has 3 aromatic rings. The summed E-state index contributed by atoms with van der Waals surface area (Å²) in [6.07, 6.45) is 2.57. The SMILES string of the molecule is CS(=O)(=O)c1ccc(N(Cc2ccco2)Cc2cccs2)c([N+](=O)[O-])c1. The van der Waals surface area contributed by atoms with Crippen molar-refractivity contribution in [2.24, 2.45) is 0 Å². The zero-order valence-electron chi connectivity index (χ0n) is 13.9. The van der Waals surface area contributed by atoms with E-state index in [4.69, 9.17) is 4.42 Å². The van der Waals surface area contributed by atoms with Crippen LogP contribution in [0.2, 0.25) is 0 Å². The molecule has 0 saturated heterocycles. The summed E-state index contributed by atoms with van der Waals surface area (Å²) in [6.45, 7) is 0.765. The van der Waals surface area contributed by atoms with E-state index in [1.54, 1.807) is 34.6 Å². The van der Waals surface area contributed by atoms with Gasteiger partial charge in [-0.1, -0.05) is 6.07 Å². The van der Waals surface area contributed by atoms with Gasteiger partial charge in [0.1, 0.15) is 11.4 Å². The van der Waals surface area contributed by atoms with E-state index in [1.165, 1.54) is 12.1 Å². The molecule has 0 radical (unpaired) electrons. The number of furan rings is 1. The van der Waals surface area contributed by atoms with Crippen molar-refractivity contribution in [3.63, 3.8) is 0 Å². The van der Waals surface area contributed by atoms with Gasteiger partial charge >= 0.3 is 0 Å². The first kappa shape index (κ1) is 18.2. The van der Waals surface area contributed by atoms with Crippen molar-refractivity contribution >= 4 is 32.5 Å². The Morgan fingerprint density at radius 1 is 1.19 bits per heavy atom. The fourth-order valence-corrected chi connectivity index (χ4v) is 3.92. The molecule has 0 aliphatic rings. The minimum atomic E-state index is -3.54. The molecule has 0 saturated carbocycles. The molecule has 2 aromatic heterocycles. The third-order valence-corrected chi connectivity index (χ3v) is 5.74. The molecule has 0 unspecified atom stereocenters. The second-order valence-corrected chi connectivity index (χ2v) is 8.74. The third-order valence-electron chi connectivity index (χ3n) is 3.77. The Morgan fingerprint density at radius 3 is 2.58 bits per heavy atom. The van der Waals surface area contributed by atoms with Crippen molar-refractivity contribution < 1.29 is 17.8 Å². The second-order valence-electron chi connectivity index (χ2n) is 5.69. The first-order chi connectivity index (χ1) is 12.3. The second kappa shape index (κ2) is 7.30. The van der Waals surface area contributed by atoms with E-state index in [1.807, 2.05) is 17.5 Å². The van der Waals surface area contributed by atoms with Crippen LogP contribution in [0, 0.1) is 10.1 Å². The van der Waals surface area contributed by atoms with Crippen LogP contribution in [0.4, 0.5) is 11.4 Å². The maximum atomic E-state index is 11.8. The van der Waals surface area contributed by atoms with Crippen molar-refractivity contribution in [2.75, 3.05) is 11.2 Å². The van der Waals surface area contributed by atoms with Gasteiger partial charge in [-0.3, -0.25) is 10.1 Å². The van der Waals surface area contributed by atoms with Gasteiger partial charge in [0.15, 0.2) is 9.84 Å². The summed E-state index contributed by atoms with van der Waals surface area (Å²) in [7, 11) is -3.54. The maximum absolute atomic E-state index is 11.8. The fourth-order valence-electron chi connectivity index (χ4n) is 2.56. The highest BCUT2D eigenvalue weighted by Crippen LogP contribution is 2.33. The predicted molar refractivity (Wildman–Crippen MR) is 99.1 cm³/mol. The average Bonchev–Trinajstić information content (AvgIpc) is 3.26. The van der Waals surface area contributed by atoms with Crippen LogP contribution in [-0.2, 0) is 22.9 Å². The Bertz CT molecular complexity index is 960. The van der Waals surface area contributed by atoms with Crippen LogP contribution in [-0.4, -0.2) is 19.6 Å². The lowest BCUT2D eigenvalue weighted by atomic mass is 10.2. The molecule has 136 valence electrons. The van der Waals surface area contributed by atoms with Gasteiger partial charge in [-0.15, -0.1) is 11.3 Å². The molecule has 0 atom stereocenters. The summed E-state index contributed by atoms with van der Waals surface area (Å²) in [5.74, 6) is 0.656. The lowest BCUT2D eigenvalue weighted by molar-refractivity contribution is -0.384. The standard InChI is InChI=1S/C17H16N2O5S2/c1-26(22,23)15-6-7-16(17(10-15)19(20)21)18(11-13-4-2-8-24-13)12-14-5-3-9-25-14/h2-10H,11-12H2,1H3. The summed E-state index contributed by atoms with van der Waals surface area (Å²) in [5, 5.41) is 13.5. The zero-order chi connectivity index (χ0) is 18.7. The Morgan fingerprint density at radius 2 is 2.00 bits per heavy atom. The van der Waals surface area contributed by atoms with E-state index < -0.39 is 14.8 Å². The molecule has 26 heavy (non-hydrogen) atoms. The molecule has 3 rings (SSSR count). The van der Waals surface area contributed by atoms with Crippen LogP contribution >= 0.6 is 11.3 Å². The topological polar surface area (TPSA) is 93.7 Å². The van der Waals surface area contributed by atoms with Gasteiger partial charge in [-0.05, 0) is 35.7 Å². The highest BCUT2D eigenvalue weighted by molar-refractivity contribution is 7.90. The largest absolute Gasteiger partial charge is 0.467 e. The van der Waals surface area contributed by atoms with E-state index in [0.717, 1.165) is 17.2 Å². The monoisotopic (exact) mass is 392 g/mol. The minimum Gasteiger partial charge on any atom is -0.467 e. The van der Waals surface area contributed by atoms with Crippen LogP contribution in [0.3, 0.4) is 0 Å². The lowest BCUT2D eigenvalue weighted by Gasteiger charge is -2.23. The van der Waals surface area contributed by atoms with Crippen LogP contribution < -0.4 is 4.90 Å². The Hall–Kier alpha value is -2.65. The van der Waals surface area contributed by atoms with E-state index in [0.29, 0.717) is 24.5 Å². The molecule has 9 heteroatoms. The number of hydrogen-bond donors (Lipinski definition) is 0. The zero-order valence-corrected chi connectivity index (χ0v) is 15.5.